The molecule has 2 N–H and O–H groups in total. The van der Waals surface area contributed by atoms with E-state index in [0.29, 0.717) is 41.8 Å². The number of likely N-dealkylation sites (tertiary alicyclic amines) is 1. The highest BCUT2D eigenvalue weighted by Crippen LogP contribution is 2.35. The highest BCUT2D eigenvalue weighted by atomic mass is 35.5. The monoisotopic (exact) mass is 413 g/mol. The first-order valence-corrected chi connectivity index (χ1v) is 9.22. The molecular weight excluding hydrogens is 382 g/mol. The Balaban J connectivity index is 0.00000392. The van der Waals surface area contributed by atoms with Crippen molar-refractivity contribution in [2.75, 3.05) is 46.2 Å². The van der Waals surface area contributed by atoms with Crippen LogP contribution in [-0.4, -0.2) is 57.6 Å². The standard InChI is InChI=1S/C20H31N3O4.ClH/c1-20(2,3)19(25)22-15-10-17(27-6)16(26-5)9-14(15)18(24)23-8-7-13(12-23)11-21-4;/h9-10,13,21H,7-8,11-12H2,1-6H3,(H,22,25);1H. The van der Waals surface area contributed by atoms with Crippen LogP contribution < -0.4 is 20.1 Å². The fraction of sp³-hybridized carbons (Fsp3) is 0.600. The number of anilines is 1. The van der Waals surface area contributed by atoms with Gasteiger partial charge in [-0.3, -0.25) is 9.59 Å². The van der Waals surface area contributed by atoms with Crippen molar-refractivity contribution in [1.29, 1.82) is 0 Å². The zero-order valence-corrected chi connectivity index (χ0v) is 18.4. The number of carbonyl (C=O) groups is 2. The van der Waals surface area contributed by atoms with Gasteiger partial charge in [-0.2, -0.15) is 0 Å². The van der Waals surface area contributed by atoms with Gasteiger partial charge in [-0.05, 0) is 32.0 Å². The van der Waals surface area contributed by atoms with Gasteiger partial charge in [0.15, 0.2) is 11.5 Å². The molecule has 0 saturated carbocycles. The van der Waals surface area contributed by atoms with Crippen molar-refractivity contribution in [3.63, 3.8) is 0 Å². The van der Waals surface area contributed by atoms with E-state index in [9.17, 15) is 9.59 Å². The predicted molar refractivity (Wildman–Crippen MR) is 113 cm³/mol. The summed E-state index contributed by atoms with van der Waals surface area (Å²) < 4.78 is 10.7. The normalized spacial score (nSPS) is 16.4. The molecular formula is C20H32ClN3O4. The first kappa shape index (κ1) is 24.0. The van der Waals surface area contributed by atoms with Crippen LogP contribution in [0.3, 0.4) is 0 Å². The number of methoxy groups -OCH3 is 2. The van der Waals surface area contributed by atoms with Crippen molar-refractivity contribution >= 4 is 29.9 Å². The van der Waals surface area contributed by atoms with Crippen LogP contribution in [0.5, 0.6) is 11.5 Å². The number of benzene rings is 1. The molecule has 0 radical (unpaired) electrons. The second-order valence-electron chi connectivity index (χ2n) is 7.92. The number of nitrogens with one attached hydrogen (secondary N) is 2. The van der Waals surface area contributed by atoms with Gasteiger partial charge in [-0.1, -0.05) is 20.8 Å². The molecule has 0 aliphatic carbocycles. The summed E-state index contributed by atoms with van der Waals surface area (Å²) in [5.41, 5.74) is 0.268. The Morgan fingerprint density at radius 2 is 1.79 bits per heavy atom. The van der Waals surface area contributed by atoms with E-state index in [0.717, 1.165) is 13.0 Å². The molecule has 1 aliphatic rings. The Bertz CT molecular complexity index is 703. The van der Waals surface area contributed by atoms with Crippen molar-refractivity contribution < 1.29 is 19.1 Å². The lowest BCUT2D eigenvalue weighted by atomic mass is 9.95. The van der Waals surface area contributed by atoms with Crippen LogP contribution in [-0.2, 0) is 4.79 Å². The highest BCUT2D eigenvalue weighted by molar-refractivity contribution is 6.05. The van der Waals surface area contributed by atoms with Crippen LogP contribution in [0.4, 0.5) is 5.69 Å². The van der Waals surface area contributed by atoms with Crippen molar-refractivity contribution in [3.05, 3.63) is 17.7 Å². The van der Waals surface area contributed by atoms with Gasteiger partial charge in [-0.15, -0.1) is 12.4 Å². The average molecular weight is 414 g/mol. The summed E-state index contributed by atoms with van der Waals surface area (Å²) in [6, 6.07) is 3.29. The number of amides is 2. The zero-order valence-electron chi connectivity index (χ0n) is 17.5. The molecule has 1 aromatic rings. The lowest BCUT2D eigenvalue weighted by Crippen LogP contribution is -2.32. The van der Waals surface area contributed by atoms with Gasteiger partial charge < -0.3 is 25.0 Å². The number of rotatable bonds is 6. The minimum atomic E-state index is -0.584. The maximum atomic E-state index is 13.2. The Hall–Kier alpha value is -1.99. The summed E-state index contributed by atoms with van der Waals surface area (Å²) in [7, 11) is 4.97. The Morgan fingerprint density at radius 1 is 1.18 bits per heavy atom. The SMILES string of the molecule is CNCC1CCN(C(=O)c2cc(OC)c(OC)cc2NC(=O)C(C)(C)C)C1.Cl. The average Bonchev–Trinajstić information content (AvgIpc) is 3.08. The molecule has 28 heavy (non-hydrogen) atoms. The number of ether oxygens (including phenoxy) is 2. The van der Waals surface area contributed by atoms with E-state index in [4.69, 9.17) is 9.47 Å². The first-order valence-electron chi connectivity index (χ1n) is 9.22. The second-order valence-corrected chi connectivity index (χ2v) is 7.92. The van der Waals surface area contributed by atoms with Gasteiger partial charge in [0.2, 0.25) is 5.91 Å². The van der Waals surface area contributed by atoms with Crippen molar-refractivity contribution in [1.82, 2.24) is 10.2 Å². The third-order valence-corrected chi connectivity index (χ3v) is 4.75. The molecule has 8 heteroatoms. The molecule has 1 saturated heterocycles. The van der Waals surface area contributed by atoms with Gasteiger partial charge in [0.1, 0.15) is 0 Å². The fourth-order valence-electron chi connectivity index (χ4n) is 3.11. The van der Waals surface area contributed by atoms with Gasteiger partial charge in [0.05, 0.1) is 25.5 Å². The summed E-state index contributed by atoms with van der Waals surface area (Å²) in [5, 5.41) is 6.05. The minimum Gasteiger partial charge on any atom is -0.493 e. The predicted octanol–water partition coefficient (Wildman–Crippen LogP) is 2.79. The van der Waals surface area contributed by atoms with E-state index in [1.54, 1.807) is 12.1 Å². The molecule has 1 atom stereocenters. The smallest absolute Gasteiger partial charge is 0.256 e. The van der Waals surface area contributed by atoms with Crippen LogP contribution in [0.1, 0.15) is 37.6 Å². The van der Waals surface area contributed by atoms with Crippen LogP contribution in [0, 0.1) is 11.3 Å². The number of hydrogen-bond donors (Lipinski definition) is 2. The molecule has 1 fully saturated rings. The topological polar surface area (TPSA) is 79.9 Å². The van der Waals surface area contributed by atoms with Crippen LogP contribution in [0.25, 0.3) is 0 Å². The summed E-state index contributed by atoms with van der Waals surface area (Å²) in [6.45, 7) is 7.75. The molecule has 2 rings (SSSR count). The quantitative estimate of drug-likeness (QED) is 0.749. The maximum Gasteiger partial charge on any atom is 0.256 e. The van der Waals surface area contributed by atoms with Gasteiger partial charge in [-0.25, -0.2) is 0 Å². The van der Waals surface area contributed by atoms with Crippen LogP contribution in [0.15, 0.2) is 12.1 Å². The van der Waals surface area contributed by atoms with E-state index in [1.807, 2.05) is 32.7 Å². The summed E-state index contributed by atoms with van der Waals surface area (Å²) >= 11 is 0. The molecule has 1 aliphatic heterocycles. The molecule has 1 aromatic carbocycles. The summed E-state index contributed by atoms with van der Waals surface area (Å²) in [4.78, 5) is 27.5. The van der Waals surface area contributed by atoms with Gasteiger partial charge in [0.25, 0.3) is 5.91 Å². The van der Waals surface area contributed by atoms with Crippen LogP contribution in [0.2, 0.25) is 0 Å². The van der Waals surface area contributed by atoms with E-state index < -0.39 is 5.41 Å². The number of hydrogen-bond acceptors (Lipinski definition) is 5. The van der Waals surface area contributed by atoms with Crippen molar-refractivity contribution in [2.45, 2.75) is 27.2 Å². The molecule has 158 valence electrons. The molecule has 7 nitrogen and oxygen atoms in total. The number of halogens is 1. The Labute approximate surface area is 173 Å². The summed E-state index contributed by atoms with van der Waals surface area (Å²) in [6.07, 6.45) is 0.962. The van der Waals surface area contributed by atoms with E-state index in [1.165, 1.54) is 14.2 Å². The third kappa shape index (κ3) is 5.52. The maximum absolute atomic E-state index is 13.2. The third-order valence-electron chi connectivity index (χ3n) is 4.75. The fourth-order valence-corrected chi connectivity index (χ4v) is 3.11. The zero-order chi connectivity index (χ0) is 20.2. The van der Waals surface area contributed by atoms with E-state index in [2.05, 4.69) is 10.6 Å². The molecule has 1 heterocycles. The van der Waals surface area contributed by atoms with E-state index >= 15 is 0 Å². The summed E-state index contributed by atoms with van der Waals surface area (Å²) in [5.74, 6) is 1.08. The Morgan fingerprint density at radius 3 is 2.32 bits per heavy atom. The second kappa shape index (κ2) is 9.98. The Kier molecular flexibility index (Phi) is 8.57. The lowest BCUT2D eigenvalue weighted by molar-refractivity contribution is -0.123. The molecule has 2 amide bonds. The van der Waals surface area contributed by atoms with Gasteiger partial charge in [0, 0.05) is 24.6 Å². The number of nitrogens with zero attached hydrogens (tertiary/aromatic N) is 1. The minimum absolute atomic E-state index is 0. The molecule has 0 bridgehead atoms. The van der Waals surface area contributed by atoms with E-state index in [-0.39, 0.29) is 24.2 Å². The van der Waals surface area contributed by atoms with Gasteiger partial charge >= 0.3 is 0 Å². The van der Waals surface area contributed by atoms with Crippen molar-refractivity contribution in [3.8, 4) is 11.5 Å². The molecule has 0 spiro atoms. The molecule has 0 aromatic heterocycles. The highest BCUT2D eigenvalue weighted by Gasteiger charge is 2.30. The van der Waals surface area contributed by atoms with Crippen LogP contribution >= 0.6 is 12.4 Å². The lowest BCUT2D eigenvalue weighted by Gasteiger charge is -2.23. The van der Waals surface area contributed by atoms with Crippen molar-refractivity contribution in [2.24, 2.45) is 11.3 Å². The first-order chi connectivity index (χ1) is 12.7. The number of carbonyl (C=O) groups excluding carboxylic acids is 2. The largest absolute Gasteiger partial charge is 0.493 e. The molecule has 1 unspecified atom stereocenters.